The number of ether oxygens (including phenoxy) is 2. The van der Waals surface area contributed by atoms with Crippen LogP contribution in [0, 0.1) is 5.92 Å². The van der Waals surface area contributed by atoms with E-state index in [-0.39, 0.29) is 5.91 Å². The summed E-state index contributed by atoms with van der Waals surface area (Å²) in [5, 5.41) is 2.90. The van der Waals surface area contributed by atoms with Crippen LogP contribution in [0.3, 0.4) is 0 Å². The van der Waals surface area contributed by atoms with E-state index >= 15 is 0 Å². The molecule has 1 amide bonds. The van der Waals surface area contributed by atoms with Crippen LogP contribution in [0.2, 0.25) is 0 Å². The maximum atomic E-state index is 12.4. The average molecular weight is 341 g/mol. The number of rotatable bonds is 9. The van der Waals surface area contributed by atoms with Gasteiger partial charge in [0, 0.05) is 17.3 Å². The standard InChI is InChI=1S/C21H27NO3/c1-4-5-13-24-19-11-9-17(10-12-19)21(23)22-18-7-6-8-20(14-18)25-15-16(2)3/h6-12,14,16H,4-5,13,15H2,1-3H3,(H,22,23). The molecule has 2 rings (SSSR count). The predicted molar refractivity (Wildman–Crippen MR) is 102 cm³/mol. The van der Waals surface area contributed by atoms with Crippen molar-refractivity contribution in [2.24, 2.45) is 5.92 Å². The fourth-order valence-corrected chi connectivity index (χ4v) is 2.17. The van der Waals surface area contributed by atoms with Gasteiger partial charge >= 0.3 is 0 Å². The molecule has 0 unspecified atom stereocenters. The van der Waals surface area contributed by atoms with Crippen molar-refractivity contribution in [1.82, 2.24) is 0 Å². The van der Waals surface area contributed by atoms with E-state index in [1.54, 1.807) is 12.1 Å². The summed E-state index contributed by atoms with van der Waals surface area (Å²) in [6, 6.07) is 14.6. The Morgan fingerprint density at radius 2 is 1.80 bits per heavy atom. The normalized spacial score (nSPS) is 10.6. The molecule has 0 spiro atoms. The average Bonchev–Trinajstić information content (AvgIpc) is 2.61. The Morgan fingerprint density at radius 3 is 2.48 bits per heavy atom. The van der Waals surface area contributed by atoms with Crippen LogP contribution in [0.4, 0.5) is 5.69 Å². The molecule has 2 aromatic carbocycles. The summed E-state index contributed by atoms with van der Waals surface area (Å²) < 4.78 is 11.3. The molecule has 0 aliphatic rings. The number of anilines is 1. The number of benzene rings is 2. The van der Waals surface area contributed by atoms with Crippen LogP contribution in [0.15, 0.2) is 48.5 Å². The number of carbonyl (C=O) groups excluding carboxylic acids is 1. The monoisotopic (exact) mass is 341 g/mol. The lowest BCUT2D eigenvalue weighted by Gasteiger charge is -2.11. The Morgan fingerprint density at radius 1 is 1.04 bits per heavy atom. The molecule has 25 heavy (non-hydrogen) atoms. The summed E-state index contributed by atoms with van der Waals surface area (Å²) in [5.74, 6) is 1.85. The fourth-order valence-electron chi connectivity index (χ4n) is 2.17. The zero-order chi connectivity index (χ0) is 18.1. The third-order valence-electron chi connectivity index (χ3n) is 3.56. The van der Waals surface area contributed by atoms with Crippen molar-refractivity contribution >= 4 is 11.6 Å². The lowest BCUT2D eigenvalue weighted by Crippen LogP contribution is -2.12. The van der Waals surface area contributed by atoms with Crippen molar-refractivity contribution in [2.45, 2.75) is 33.6 Å². The van der Waals surface area contributed by atoms with E-state index in [1.807, 2.05) is 36.4 Å². The highest BCUT2D eigenvalue weighted by atomic mass is 16.5. The van der Waals surface area contributed by atoms with Crippen LogP contribution < -0.4 is 14.8 Å². The van der Waals surface area contributed by atoms with Crippen LogP contribution in [0.5, 0.6) is 11.5 Å². The summed E-state index contributed by atoms with van der Waals surface area (Å²) in [5.41, 5.74) is 1.31. The first-order valence-electron chi connectivity index (χ1n) is 8.85. The van der Waals surface area contributed by atoms with Crippen molar-refractivity contribution in [2.75, 3.05) is 18.5 Å². The minimum atomic E-state index is -0.152. The topological polar surface area (TPSA) is 47.6 Å². The van der Waals surface area contributed by atoms with Crippen molar-refractivity contribution in [3.63, 3.8) is 0 Å². The summed E-state index contributed by atoms with van der Waals surface area (Å²) in [6.07, 6.45) is 2.12. The minimum absolute atomic E-state index is 0.152. The maximum Gasteiger partial charge on any atom is 0.255 e. The molecule has 0 bridgehead atoms. The highest BCUT2D eigenvalue weighted by molar-refractivity contribution is 6.04. The largest absolute Gasteiger partial charge is 0.494 e. The van der Waals surface area contributed by atoms with Gasteiger partial charge in [0.25, 0.3) is 5.91 Å². The van der Waals surface area contributed by atoms with Crippen molar-refractivity contribution < 1.29 is 14.3 Å². The van der Waals surface area contributed by atoms with E-state index in [4.69, 9.17) is 9.47 Å². The molecule has 0 radical (unpaired) electrons. The first kappa shape index (κ1) is 18.8. The summed E-state index contributed by atoms with van der Waals surface area (Å²) in [6.45, 7) is 7.67. The van der Waals surface area contributed by atoms with E-state index in [9.17, 15) is 4.79 Å². The smallest absolute Gasteiger partial charge is 0.255 e. The van der Waals surface area contributed by atoms with Crippen molar-refractivity contribution in [1.29, 1.82) is 0 Å². The second kappa shape index (κ2) is 9.72. The lowest BCUT2D eigenvalue weighted by molar-refractivity contribution is 0.102. The number of hydrogen-bond acceptors (Lipinski definition) is 3. The first-order valence-corrected chi connectivity index (χ1v) is 8.85. The van der Waals surface area contributed by atoms with Crippen molar-refractivity contribution in [3.05, 3.63) is 54.1 Å². The number of carbonyl (C=O) groups is 1. The number of nitrogens with one attached hydrogen (secondary N) is 1. The third-order valence-corrected chi connectivity index (χ3v) is 3.56. The Kier molecular flexibility index (Phi) is 7.33. The molecular weight excluding hydrogens is 314 g/mol. The molecule has 0 atom stereocenters. The maximum absolute atomic E-state index is 12.4. The van der Waals surface area contributed by atoms with Gasteiger partial charge in [0.1, 0.15) is 11.5 Å². The number of unbranched alkanes of at least 4 members (excludes halogenated alkanes) is 1. The molecule has 0 aliphatic heterocycles. The fraction of sp³-hybridized carbons (Fsp3) is 0.381. The molecule has 2 aromatic rings. The quantitative estimate of drug-likeness (QED) is 0.641. The van der Waals surface area contributed by atoms with Gasteiger partial charge < -0.3 is 14.8 Å². The van der Waals surface area contributed by atoms with E-state index in [0.29, 0.717) is 24.7 Å². The Balaban J connectivity index is 1.93. The van der Waals surface area contributed by atoms with Gasteiger partial charge in [-0.05, 0) is 48.7 Å². The van der Waals surface area contributed by atoms with Crippen molar-refractivity contribution in [3.8, 4) is 11.5 Å². The van der Waals surface area contributed by atoms with E-state index in [2.05, 4.69) is 26.1 Å². The van der Waals surface area contributed by atoms with Gasteiger partial charge in [0.15, 0.2) is 0 Å². The molecule has 134 valence electrons. The molecule has 4 heteroatoms. The zero-order valence-electron chi connectivity index (χ0n) is 15.2. The summed E-state index contributed by atoms with van der Waals surface area (Å²) in [7, 11) is 0. The van der Waals surface area contributed by atoms with Gasteiger partial charge in [-0.2, -0.15) is 0 Å². The van der Waals surface area contributed by atoms with Crippen LogP contribution in [0.25, 0.3) is 0 Å². The van der Waals surface area contributed by atoms with Gasteiger partial charge in [0.05, 0.1) is 13.2 Å². The van der Waals surface area contributed by atoms with Gasteiger partial charge in [0.2, 0.25) is 0 Å². The van der Waals surface area contributed by atoms with Crippen LogP contribution in [-0.4, -0.2) is 19.1 Å². The molecule has 0 saturated carbocycles. The molecule has 0 aromatic heterocycles. The first-order chi connectivity index (χ1) is 12.1. The summed E-state index contributed by atoms with van der Waals surface area (Å²) >= 11 is 0. The molecule has 0 saturated heterocycles. The molecule has 0 aliphatic carbocycles. The highest BCUT2D eigenvalue weighted by Gasteiger charge is 2.07. The third kappa shape index (κ3) is 6.49. The minimum Gasteiger partial charge on any atom is -0.494 e. The van der Waals surface area contributed by atoms with Gasteiger partial charge in [-0.1, -0.05) is 33.3 Å². The summed E-state index contributed by atoms with van der Waals surface area (Å²) in [4.78, 5) is 12.4. The van der Waals surface area contributed by atoms with E-state index < -0.39 is 0 Å². The Labute approximate surface area is 150 Å². The van der Waals surface area contributed by atoms with E-state index in [1.165, 1.54) is 0 Å². The zero-order valence-corrected chi connectivity index (χ0v) is 15.2. The number of hydrogen-bond donors (Lipinski definition) is 1. The SMILES string of the molecule is CCCCOc1ccc(C(=O)Nc2cccc(OCC(C)C)c2)cc1. The highest BCUT2D eigenvalue weighted by Crippen LogP contribution is 2.19. The second-order valence-electron chi connectivity index (χ2n) is 6.41. The molecule has 1 N–H and O–H groups in total. The molecule has 0 fully saturated rings. The van der Waals surface area contributed by atoms with Crippen LogP contribution in [0.1, 0.15) is 44.0 Å². The molecule has 4 nitrogen and oxygen atoms in total. The predicted octanol–water partition coefficient (Wildman–Crippen LogP) is 5.15. The Bertz CT molecular complexity index is 665. The second-order valence-corrected chi connectivity index (χ2v) is 6.41. The molecule has 0 heterocycles. The van der Waals surface area contributed by atoms with Gasteiger partial charge in [-0.25, -0.2) is 0 Å². The van der Waals surface area contributed by atoms with Crippen LogP contribution >= 0.6 is 0 Å². The van der Waals surface area contributed by atoms with Gasteiger partial charge in [-0.15, -0.1) is 0 Å². The van der Waals surface area contributed by atoms with Crippen LogP contribution in [-0.2, 0) is 0 Å². The number of amides is 1. The Hall–Kier alpha value is -2.49. The lowest BCUT2D eigenvalue weighted by atomic mass is 10.2. The van der Waals surface area contributed by atoms with E-state index in [0.717, 1.165) is 30.0 Å². The van der Waals surface area contributed by atoms with Gasteiger partial charge in [-0.3, -0.25) is 4.79 Å². The molecular formula is C21H27NO3.